The van der Waals surface area contributed by atoms with Crippen LogP contribution in [0.1, 0.15) is 25.0 Å². The molecular formula is C14H17F3N2OS. The Balaban J connectivity index is 2.42. The molecule has 0 spiro atoms. The molecule has 2 unspecified atom stereocenters. The molecule has 0 radical (unpaired) electrons. The standard InChI is InChI=1S/C14H17F3N2OS/c1-8-7-20-9(2)6-19(8)10-3-4-12(14(15,16)17)11(5-10)13(18)21/h3-5,8-9H,6-7H2,1-2H3,(H2,18,21). The second kappa shape index (κ2) is 5.81. The number of hydrogen-bond acceptors (Lipinski definition) is 3. The van der Waals surface area contributed by atoms with Gasteiger partial charge in [-0.3, -0.25) is 0 Å². The van der Waals surface area contributed by atoms with Crippen molar-refractivity contribution < 1.29 is 17.9 Å². The molecule has 0 bridgehead atoms. The maximum atomic E-state index is 13.0. The highest BCUT2D eigenvalue weighted by Crippen LogP contribution is 2.34. The quantitative estimate of drug-likeness (QED) is 0.851. The van der Waals surface area contributed by atoms with E-state index in [2.05, 4.69) is 0 Å². The third-order valence-corrected chi connectivity index (χ3v) is 3.73. The first-order chi connectivity index (χ1) is 9.70. The van der Waals surface area contributed by atoms with E-state index in [-0.39, 0.29) is 22.7 Å². The van der Waals surface area contributed by atoms with Crippen LogP contribution < -0.4 is 10.6 Å². The minimum absolute atomic E-state index is 0.0248. The lowest BCUT2D eigenvalue weighted by molar-refractivity contribution is -0.137. The molecule has 2 atom stereocenters. The van der Waals surface area contributed by atoms with Gasteiger partial charge in [-0.05, 0) is 32.0 Å². The maximum Gasteiger partial charge on any atom is 0.417 e. The fourth-order valence-corrected chi connectivity index (χ4v) is 2.59. The summed E-state index contributed by atoms with van der Waals surface area (Å²) >= 11 is 4.77. The van der Waals surface area contributed by atoms with Gasteiger partial charge in [-0.1, -0.05) is 12.2 Å². The van der Waals surface area contributed by atoms with Gasteiger partial charge < -0.3 is 15.4 Å². The summed E-state index contributed by atoms with van der Waals surface area (Å²) in [6.07, 6.45) is -4.45. The van der Waals surface area contributed by atoms with Crippen LogP contribution in [-0.4, -0.2) is 30.3 Å². The summed E-state index contributed by atoms with van der Waals surface area (Å²) in [7, 11) is 0. The van der Waals surface area contributed by atoms with Gasteiger partial charge in [0.2, 0.25) is 0 Å². The largest absolute Gasteiger partial charge is 0.417 e. The molecule has 0 aliphatic carbocycles. The van der Waals surface area contributed by atoms with Crippen LogP contribution >= 0.6 is 12.2 Å². The third-order valence-electron chi connectivity index (χ3n) is 3.51. The highest BCUT2D eigenvalue weighted by atomic mass is 32.1. The zero-order chi connectivity index (χ0) is 15.8. The van der Waals surface area contributed by atoms with Crippen molar-refractivity contribution >= 4 is 22.9 Å². The molecule has 0 amide bonds. The Morgan fingerprint density at radius 3 is 2.62 bits per heavy atom. The average Bonchev–Trinajstić information content (AvgIpc) is 2.39. The van der Waals surface area contributed by atoms with Gasteiger partial charge in [-0.15, -0.1) is 0 Å². The number of anilines is 1. The molecule has 2 N–H and O–H groups in total. The van der Waals surface area contributed by atoms with E-state index in [1.54, 1.807) is 0 Å². The van der Waals surface area contributed by atoms with Crippen LogP contribution in [-0.2, 0) is 10.9 Å². The zero-order valence-corrected chi connectivity index (χ0v) is 12.6. The minimum Gasteiger partial charge on any atom is -0.389 e. The lowest BCUT2D eigenvalue weighted by atomic mass is 10.0. The Labute approximate surface area is 126 Å². The van der Waals surface area contributed by atoms with Crippen LogP contribution in [0.25, 0.3) is 0 Å². The van der Waals surface area contributed by atoms with Crippen molar-refractivity contribution in [2.75, 3.05) is 18.1 Å². The number of rotatable bonds is 2. The summed E-state index contributed by atoms with van der Waals surface area (Å²) in [6, 6.07) is 3.99. The van der Waals surface area contributed by atoms with Gasteiger partial charge >= 0.3 is 6.18 Å². The molecule has 1 saturated heterocycles. The number of nitrogens with two attached hydrogens (primary N) is 1. The van der Waals surface area contributed by atoms with Crippen LogP contribution in [0.2, 0.25) is 0 Å². The zero-order valence-electron chi connectivity index (χ0n) is 11.8. The first kappa shape index (κ1) is 16.0. The van der Waals surface area contributed by atoms with E-state index in [4.69, 9.17) is 22.7 Å². The van der Waals surface area contributed by atoms with Gasteiger partial charge in [0.25, 0.3) is 0 Å². The second-order valence-electron chi connectivity index (χ2n) is 5.24. The molecule has 7 heteroatoms. The Morgan fingerprint density at radius 1 is 1.38 bits per heavy atom. The van der Waals surface area contributed by atoms with E-state index in [0.29, 0.717) is 18.8 Å². The van der Waals surface area contributed by atoms with Crippen molar-refractivity contribution in [3.63, 3.8) is 0 Å². The van der Waals surface area contributed by atoms with E-state index in [0.717, 1.165) is 6.07 Å². The highest BCUT2D eigenvalue weighted by molar-refractivity contribution is 7.80. The van der Waals surface area contributed by atoms with Crippen molar-refractivity contribution in [3.8, 4) is 0 Å². The molecule has 21 heavy (non-hydrogen) atoms. The van der Waals surface area contributed by atoms with Crippen molar-refractivity contribution in [2.24, 2.45) is 5.73 Å². The van der Waals surface area contributed by atoms with Crippen LogP contribution in [0.5, 0.6) is 0 Å². The number of halogens is 3. The summed E-state index contributed by atoms with van der Waals surface area (Å²) in [5.41, 5.74) is 5.20. The van der Waals surface area contributed by atoms with E-state index >= 15 is 0 Å². The topological polar surface area (TPSA) is 38.5 Å². The van der Waals surface area contributed by atoms with Gasteiger partial charge in [-0.25, -0.2) is 0 Å². The lowest BCUT2D eigenvalue weighted by Crippen LogP contribution is -2.47. The summed E-state index contributed by atoms with van der Waals surface area (Å²) < 4.78 is 44.4. The normalized spacial score (nSPS) is 23.2. The fraction of sp³-hybridized carbons (Fsp3) is 0.500. The third kappa shape index (κ3) is 3.47. The van der Waals surface area contributed by atoms with Gasteiger partial charge in [0.15, 0.2) is 0 Å². The SMILES string of the molecule is CC1CN(c2ccc(C(F)(F)F)c(C(N)=S)c2)C(C)CO1. The molecule has 1 aromatic rings. The number of benzene rings is 1. The van der Waals surface area contributed by atoms with Crippen LogP contribution in [0.3, 0.4) is 0 Å². The first-order valence-corrected chi connectivity index (χ1v) is 7.00. The molecule has 1 fully saturated rings. The first-order valence-electron chi connectivity index (χ1n) is 6.59. The predicted octanol–water partition coefficient (Wildman–Crippen LogP) is 2.95. The number of alkyl halides is 3. The predicted molar refractivity (Wildman–Crippen MR) is 79.6 cm³/mol. The molecule has 3 nitrogen and oxygen atoms in total. The molecule has 1 aromatic carbocycles. The van der Waals surface area contributed by atoms with Gasteiger partial charge in [0, 0.05) is 23.8 Å². The number of morpholine rings is 1. The minimum atomic E-state index is -4.47. The smallest absolute Gasteiger partial charge is 0.389 e. The van der Waals surface area contributed by atoms with Crippen molar-refractivity contribution in [3.05, 3.63) is 29.3 Å². The molecule has 0 aromatic heterocycles. The van der Waals surface area contributed by atoms with E-state index in [1.165, 1.54) is 12.1 Å². The summed E-state index contributed by atoms with van der Waals surface area (Å²) in [6.45, 7) is 5.04. The summed E-state index contributed by atoms with van der Waals surface area (Å²) in [5.74, 6) is 0. The van der Waals surface area contributed by atoms with Crippen LogP contribution in [0.4, 0.5) is 18.9 Å². The van der Waals surface area contributed by atoms with Crippen LogP contribution in [0, 0.1) is 0 Å². The van der Waals surface area contributed by atoms with E-state index < -0.39 is 11.7 Å². The maximum absolute atomic E-state index is 13.0. The van der Waals surface area contributed by atoms with Gasteiger partial charge in [0.1, 0.15) is 4.99 Å². The number of thiocarbonyl (C=S) groups is 1. The molecule has 1 aliphatic rings. The fourth-order valence-electron chi connectivity index (χ4n) is 2.42. The van der Waals surface area contributed by atoms with E-state index in [1.807, 2.05) is 18.7 Å². The monoisotopic (exact) mass is 318 g/mol. The molecule has 2 rings (SSSR count). The van der Waals surface area contributed by atoms with Crippen molar-refractivity contribution in [1.29, 1.82) is 0 Å². The number of ether oxygens (including phenoxy) is 1. The summed E-state index contributed by atoms with van der Waals surface area (Å²) in [5, 5.41) is 0. The Kier molecular flexibility index (Phi) is 4.43. The second-order valence-corrected chi connectivity index (χ2v) is 5.68. The van der Waals surface area contributed by atoms with Crippen molar-refractivity contribution in [1.82, 2.24) is 0 Å². The average molecular weight is 318 g/mol. The summed E-state index contributed by atoms with van der Waals surface area (Å²) in [4.78, 5) is 1.76. The Hall–Kier alpha value is -1.34. The molecule has 1 aliphatic heterocycles. The van der Waals surface area contributed by atoms with Gasteiger partial charge in [0.05, 0.1) is 18.3 Å². The van der Waals surface area contributed by atoms with E-state index in [9.17, 15) is 13.2 Å². The lowest BCUT2D eigenvalue weighted by Gasteiger charge is -2.38. The molecule has 1 heterocycles. The number of nitrogens with zero attached hydrogens (tertiary/aromatic N) is 1. The Morgan fingerprint density at radius 2 is 2.05 bits per heavy atom. The van der Waals surface area contributed by atoms with Crippen LogP contribution in [0.15, 0.2) is 18.2 Å². The highest BCUT2D eigenvalue weighted by Gasteiger charge is 2.35. The molecule has 116 valence electrons. The Bertz CT molecular complexity index is 548. The number of hydrogen-bond donors (Lipinski definition) is 1. The molecule has 0 saturated carbocycles. The molecular weight excluding hydrogens is 301 g/mol. The van der Waals surface area contributed by atoms with Gasteiger partial charge in [-0.2, -0.15) is 13.2 Å². The van der Waals surface area contributed by atoms with Crippen molar-refractivity contribution in [2.45, 2.75) is 32.2 Å².